The minimum Gasteiger partial charge on any atom is -0.497 e. The van der Waals surface area contributed by atoms with E-state index in [0.29, 0.717) is 22.3 Å². The number of amides is 1. The number of carbonyl (C=O) groups is 1. The van der Waals surface area contributed by atoms with Crippen molar-refractivity contribution in [2.45, 2.75) is 12.8 Å². The number of methoxy groups -OCH3 is 1. The number of halogens is 2. The average molecular weight is 365 g/mol. The number of anilines is 2. The Bertz CT molecular complexity index is 765. The molecule has 0 unspecified atom stereocenters. The predicted molar refractivity (Wildman–Crippen MR) is 98.6 cm³/mol. The smallest absolute Gasteiger partial charge is 0.246 e. The summed E-state index contributed by atoms with van der Waals surface area (Å²) in [6, 6.07) is 11.1. The lowest BCUT2D eigenvalue weighted by Gasteiger charge is -2.30. The van der Waals surface area contributed by atoms with Gasteiger partial charge in [0.15, 0.2) is 0 Å². The van der Waals surface area contributed by atoms with Gasteiger partial charge in [0.2, 0.25) is 5.91 Å². The summed E-state index contributed by atoms with van der Waals surface area (Å²) in [6.45, 7) is 0.870. The Balaban J connectivity index is 1.74. The van der Waals surface area contributed by atoms with Crippen LogP contribution in [0.5, 0.6) is 5.75 Å². The van der Waals surface area contributed by atoms with Crippen LogP contribution in [-0.2, 0) is 11.2 Å². The lowest BCUT2D eigenvalue weighted by atomic mass is 10.0. The van der Waals surface area contributed by atoms with E-state index in [-0.39, 0.29) is 12.5 Å². The number of ether oxygens (including phenoxy) is 1. The summed E-state index contributed by atoms with van der Waals surface area (Å²) in [5, 5.41) is 3.96. The molecule has 0 aliphatic carbocycles. The zero-order chi connectivity index (χ0) is 17.1. The molecular formula is C18H18Cl2N2O2. The molecule has 0 saturated carbocycles. The molecular weight excluding hydrogens is 347 g/mol. The van der Waals surface area contributed by atoms with E-state index in [0.717, 1.165) is 29.8 Å². The number of benzene rings is 2. The maximum Gasteiger partial charge on any atom is 0.246 e. The first kappa shape index (κ1) is 16.9. The molecule has 3 rings (SSSR count). The second-order valence-electron chi connectivity index (χ2n) is 5.60. The van der Waals surface area contributed by atoms with Crippen molar-refractivity contribution in [1.29, 1.82) is 0 Å². The highest BCUT2D eigenvalue weighted by molar-refractivity contribution is 6.43. The van der Waals surface area contributed by atoms with Gasteiger partial charge in [-0.1, -0.05) is 29.3 Å². The first-order chi connectivity index (χ1) is 11.6. The lowest BCUT2D eigenvalue weighted by Crippen LogP contribution is -2.39. The SMILES string of the molecule is COc1ccc2c(c1)CCCN2C(=O)CNc1cccc(Cl)c1Cl. The van der Waals surface area contributed by atoms with Crippen molar-refractivity contribution in [3.05, 3.63) is 52.0 Å². The van der Waals surface area contributed by atoms with E-state index in [2.05, 4.69) is 5.32 Å². The Labute approximate surface area is 151 Å². The van der Waals surface area contributed by atoms with Crippen LogP contribution >= 0.6 is 23.2 Å². The van der Waals surface area contributed by atoms with Gasteiger partial charge in [-0.25, -0.2) is 0 Å². The highest BCUT2D eigenvalue weighted by Gasteiger charge is 2.22. The van der Waals surface area contributed by atoms with Gasteiger partial charge in [-0.2, -0.15) is 0 Å². The van der Waals surface area contributed by atoms with Crippen LogP contribution in [0.25, 0.3) is 0 Å². The van der Waals surface area contributed by atoms with Crippen molar-refractivity contribution in [1.82, 2.24) is 0 Å². The number of aryl methyl sites for hydroxylation is 1. The zero-order valence-corrected chi connectivity index (χ0v) is 14.8. The van der Waals surface area contributed by atoms with Gasteiger partial charge in [-0.15, -0.1) is 0 Å². The van der Waals surface area contributed by atoms with E-state index in [9.17, 15) is 4.79 Å². The van der Waals surface area contributed by atoms with Gasteiger partial charge in [0, 0.05) is 12.2 Å². The van der Waals surface area contributed by atoms with E-state index >= 15 is 0 Å². The Morgan fingerprint density at radius 2 is 2.12 bits per heavy atom. The molecule has 1 N–H and O–H groups in total. The molecule has 24 heavy (non-hydrogen) atoms. The zero-order valence-electron chi connectivity index (χ0n) is 13.3. The number of rotatable bonds is 4. The molecule has 1 aliphatic heterocycles. The van der Waals surface area contributed by atoms with Crippen LogP contribution in [0, 0.1) is 0 Å². The molecule has 0 bridgehead atoms. The third-order valence-corrected chi connectivity index (χ3v) is 4.91. The van der Waals surface area contributed by atoms with Gasteiger partial charge >= 0.3 is 0 Å². The normalized spacial score (nSPS) is 13.4. The van der Waals surface area contributed by atoms with Gasteiger partial charge in [-0.05, 0) is 48.7 Å². The molecule has 4 nitrogen and oxygen atoms in total. The second-order valence-corrected chi connectivity index (χ2v) is 6.38. The van der Waals surface area contributed by atoms with E-state index in [1.165, 1.54) is 0 Å². The van der Waals surface area contributed by atoms with E-state index in [1.54, 1.807) is 25.3 Å². The van der Waals surface area contributed by atoms with Crippen molar-refractivity contribution in [2.24, 2.45) is 0 Å². The summed E-state index contributed by atoms with van der Waals surface area (Å²) < 4.78 is 5.26. The van der Waals surface area contributed by atoms with Crippen LogP contribution < -0.4 is 15.0 Å². The fraction of sp³-hybridized carbons (Fsp3) is 0.278. The van der Waals surface area contributed by atoms with Crippen molar-refractivity contribution >= 4 is 40.5 Å². The van der Waals surface area contributed by atoms with Crippen LogP contribution in [0.2, 0.25) is 10.0 Å². The van der Waals surface area contributed by atoms with Crippen LogP contribution in [0.1, 0.15) is 12.0 Å². The number of nitrogens with one attached hydrogen (secondary N) is 1. The Kier molecular flexibility index (Phi) is 5.17. The quantitative estimate of drug-likeness (QED) is 0.874. The Morgan fingerprint density at radius 3 is 2.92 bits per heavy atom. The summed E-state index contributed by atoms with van der Waals surface area (Å²) in [5.74, 6) is 0.809. The topological polar surface area (TPSA) is 41.6 Å². The molecule has 1 amide bonds. The third kappa shape index (κ3) is 3.45. The molecule has 1 heterocycles. The van der Waals surface area contributed by atoms with Gasteiger partial charge in [0.1, 0.15) is 5.75 Å². The molecule has 0 fully saturated rings. The number of hydrogen-bond donors (Lipinski definition) is 1. The third-order valence-electron chi connectivity index (χ3n) is 4.09. The summed E-state index contributed by atoms with van der Waals surface area (Å²) in [7, 11) is 1.64. The Hall–Kier alpha value is -1.91. The van der Waals surface area contributed by atoms with Crippen molar-refractivity contribution in [3.8, 4) is 5.75 Å². The van der Waals surface area contributed by atoms with Crippen molar-refractivity contribution < 1.29 is 9.53 Å². The standard InChI is InChI=1S/C18H18Cl2N2O2/c1-24-13-7-8-16-12(10-13)4-3-9-22(16)17(23)11-21-15-6-2-5-14(19)18(15)20/h2,5-8,10,21H,3-4,9,11H2,1H3. The molecule has 0 radical (unpaired) electrons. The lowest BCUT2D eigenvalue weighted by molar-refractivity contribution is -0.117. The molecule has 126 valence electrons. The number of hydrogen-bond acceptors (Lipinski definition) is 3. The van der Waals surface area contributed by atoms with E-state index < -0.39 is 0 Å². The first-order valence-corrected chi connectivity index (χ1v) is 8.51. The minimum absolute atomic E-state index is 0.00263. The molecule has 2 aromatic carbocycles. The summed E-state index contributed by atoms with van der Waals surface area (Å²) in [6.07, 6.45) is 1.88. The van der Waals surface area contributed by atoms with Gasteiger partial charge in [0.25, 0.3) is 0 Å². The summed E-state index contributed by atoms with van der Waals surface area (Å²) in [4.78, 5) is 14.5. The highest BCUT2D eigenvalue weighted by atomic mass is 35.5. The number of fused-ring (bicyclic) bond motifs is 1. The maximum absolute atomic E-state index is 12.6. The monoisotopic (exact) mass is 364 g/mol. The largest absolute Gasteiger partial charge is 0.497 e. The molecule has 1 aliphatic rings. The molecule has 0 spiro atoms. The average Bonchev–Trinajstić information content (AvgIpc) is 2.61. The summed E-state index contributed by atoms with van der Waals surface area (Å²) in [5.41, 5.74) is 2.74. The van der Waals surface area contributed by atoms with E-state index in [4.69, 9.17) is 27.9 Å². The predicted octanol–water partition coefficient (Wildman–Crippen LogP) is 4.39. The molecule has 0 atom stereocenters. The fourth-order valence-corrected chi connectivity index (χ4v) is 3.23. The van der Waals surface area contributed by atoms with Crippen molar-refractivity contribution in [2.75, 3.05) is 30.4 Å². The van der Waals surface area contributed by atoms with E-state index in [1.807, 2.05) is 23.1 Å². The highest BCUT2D eigenvalue weighted by Crippen LogP contribution is 2.31. The van der Waals surface area contributed by atoms with Gasteiger partial charge in [0.05, 0.1) is 29.4 Å². The van der Waals surface area contributed by atoms with Gasteiger partial charge < -0.3 is 15.0 Å². The second kappa shape index (κ2) is 7.32. The van der Waals surface area contributed by atoms with Crippen molar-refractivity contribution in [3.63, 3.8) is 0 Å². The molecule has 2 aromatic rings. The Morgan fingerprint density at radius 1 is 1.29 bits per heavy atom. The minimum atomic E-state index is -0.00263. The van der Waals surface area contributed by atoms with Crippen LogP contribution in [0.3, 0.4) is 0 Å². The molecule has 0 aromatic heterocycles. The number of carbonyl (C=O) groups excluding carboxylic acids is 1. The molecule has 0 saturated heterocycles. The molecule has 6 heteroatoms. The van der Waals surface area contributed by atoms with Crippen LogP contribution in [0.4, 0.5) is 11.4 Å². The fourth-order valence-electron chi connectivity index (χ4n) is 2.87. The van der Waals surface area contributed by atoms with Crippen LogP contribution in [0.15, 0.2) is 36.4 Å². The first-order valence-electron chi connectivity index (χ1n) is 7.75. The maximum atomic E-state index is 12.6. The van der Waals surface area contributed by atoms with Crippen LogP contribution in [-0.4, -0.2) is 26.1 Å². The number of nitrogens with zero attached hydrogens (tertiary/aromatic N) is 1. The summed E-state index contributed by atoms with van der Waals surface area (Å²) >= 11 is 12.1. The van der Waals surface area contributed by atoms with Gasteiger partial charge in [-0.3, -0.25) is 4.79 Å².